The van der Waals surface area contributed by atoms with Crippen LogP contribution in [0.25, 0.3) is 22.8 Å². The van der Waals surface area contributed by atoms with Crippen LogP contribution in [-0.2, 0) is 6.42 Å². The second-order valence-electron chi connectivity index (χ2n) is 5.85. The topological polar surface area (TPSA) is 77.8 Å². The lowest BCUT2D eigenvalue weighted by Gasteiger charge is -2.00. The minimum Gasteiger partial charge on any atom is -0.420 e. The van der Waals surface area contributed by atoms with Crippen molar-refractivity contribution in [3.8, 4) is 22.8 Å². The molecule has 0 saturated carbocycles. The fourth-order valence-corrected chi connectivity index (χ4v) is 2.48. The number of hydrogen-bond donors (Lipinski definition) is 0. The third-order valence-corrected chi connectivity index (χ3v) is 4.02. The smallest absolute Gasteiger partial charge is 0.247 e. The summed E-state index contributed by atoms with van der Waals surface area (Å²) in [6, 6.07) is 15.7. The molecule has 0 N–H and O–H groups in total. The molecule has 0 aliphatic carbocycles. The minimum absolute atomic E-state index is 0.303. The van der Waals surface area contributed by atoms with Gasteiger partial charge in [0.05, 0.1) is 0 Å². The summed E-state index contributed by atoms with van der Waals surface area (Å²) in [7, 11) is 0. The lowest BCUT2D eigenvalue weighted by atomic mass is 10.1. The van der Waals surface area contributed by atoms with Crippen LogP contribution in [0.1, 0.15) is 22.9 Å². The molecule has 0 aliphatic rings. The van der Waals surface area contributed by atoms with Crippen molar-refractivity contribution < 1.29 is 8.94 Å². The Morgan fingerprint density at radius 1 is 0.840 bits per heavy atom. The molecule has 2 aromatic carbocycles. The summed E-state index contributed by atoms with van der Waals surface area (Å²) in [6.45, 7) is 4.12. The molecule has 0 fully saturated rings. The third-order valence-electron chi connectivity index (χ3n) is 4.02. The van der Waals surface area contributed by atoms with Gasteiger partial charge in [-0.25, -0.2) is 0 Å². The molecule has 0 radical (unpaired) electrons. The predicted octanol–water partition coefficient (Wildman–Crippen LogP) is 3.99. The van der Waals surface area contributed by atoms with Crippen molar-refractivity contribution in [3.05, 3.63) is 71.4 Å². The molecule has 0 spiro atoms. The maximum atomic E-state index is 5.73. The Kier molecular flexibility index (Phi) is 3.85. The lowest BCUT2D eigenvalue weighted by Crippen LogP contribution is -1.88. The maximum absolute atomic E-state index is 5.73. The van der Waals surface area contributed by atoms with Crippen LogP contribution in [0.2, 0.25) is 0 Å². The van der Waals surface area contributed by atoms with Gasteiger partial charge in [-0.1, -0.05) is 41.6 Å². The van der Waals surface area contributed by atoms with E-state index in [0.29, 0.717) is 29.9 Å². The molecule has 6 nitrogen and oxygen atoms in total. The molecule has 6 heteroatoms. The van der Waals surface area contributed by atoms with Gasteiger partial charge in [0, 0.05) is 11.1 Å². The van der Waals surface area contributed by atoms with Crippen molar-refractivity contribution in [2.45, 2.75) is 20.3 Å². The van der Waals surface area contributed by atoms with E-state index < -0.39 is 0 Å². The Hall–Kier alpha value is -3.28. The zero-order chi connectivity index (χ0) is 17.2. The summed E-state index contributed by atoms with van der Waals surface area (Å²) in [5, 5.41) is 12.2. The van der Waals surface area contributed by atoms with Crippen molar-refractivity contribution in [3.63, 3.8) is 0 Å². The van der Waals surface area contributed by atoms with E-state index in [1.807, 2.05) is 48.5 Å². The van der Waals surface area contributed by atoms with Gasteiger partial charge < -0.3 is 8.94 Å². The van der Waals surface area contributed by atoms with Crippen LogP contribution < -0.4 is 0 Å². The molecule has 0 unspecified atom stereocenters. The highest BCUT2D eigenvalue weighted by Gasteiger charge is 2.14. The molecule has 0 saturated heterocycles. The second kappa shape index (κ2) is 6.32. The van der Waals surface area contributed by atoms with E-state index >= 15 is 0 Å². The van der Waals surface area contributed by atoms with Gasteiger partial charge in [0.2, 0.25) is 23.5 Å². The van der Waals surface area contributed by atoms with Gasteiger partial charge in [-0.2, -0.15) is 4.98 Å². The fraction of sp³-hybridized carbons (Fsp3) is 0.158. The van der Waals surface area contributed by atoms with Gasteiger partial charge in [-0.15, -0.1) is 10.2 Å². The Morgan fingerprint density at radius 3 is 2.48 bits per heavy atom. The highest BCUT2D eigenvalue weighted by molar-refractivity contribution is 5.55. The Balaban J connectivity index is 1.53. The van der Waals surface area contributed by atoms with Crippen molar-refractivity contribution in [2.75, 3.05) is 0 Å². The van der Waals surface area contributed by atoms with Crippen LogP contribution in [0.15, 0.2) is 57.5 Å². The molecule has 0 bridgehead atoms. The van der Waals surface area contributed by atoms with Crippen molar-refractivity contribution in [2.24, 2.45) is 0 Å². The van der Waals surface area contributed by atoms with Crippen LogP contribution in [0.5, 0.6) is 0 Å². The number of nitrogens with zero attached hydrogens (tertiary/aromatic N) is 4. The SMILES string of the molecule is Cc1ccc(-c2nnc(Cc3nc(-c4ccccc4)no3)o2)cc1C. The third kappa shape index (κ3) is 3.19. The first-order valence-electron chi connectivity index (χ1n) is 7.97. The first-order chi connectivity index (χ1) is 12.2. The van der Waals surface area contributed by atoms with Gasteiger partial charge in [-0.05, 0) is 37.1 Å². The normalized spacial score (nSPS) is 11.0. The zero-order valence-corrected chi connectivity index (χ0v) is 13.9. The van der Waals surface area contributed by atoms with E-state index in [1.165, 1.54) is 11.1 Å². The Morgan fingerprint density at radius 2 is 1.68 bits per heavy atom. The van der Waals surface area contributed by atoms with E-state index in [0.717, 1.165) is 11.1 Å². The lowest BCUT2D eigenvalue weighted by molar-refractivity contribution is 0.374. The van der Waals surface area contributed by atoms with Crippen molar-refractivity contribution >= 4 is 0 Å². The van der Waals surface area contributed by atoms with E-state index in [1.54, 1.807) is 0 Å². The quantitative estimate of drug-likeness (QED) is 0.562. The molecule has 0 amide bonds. The summed E-state index contributed by atoms with van der Waals surface area (Å²) in [5.74, 6) is 1.91. The van der Waals surface area contributed by atoms with Crippen LogP contribution in [0, 0.1) is 13.8 Å². The molecule has 2 aromatic heterocycles. The monoisotopic (exact) mass is 332 g/mol. The van der Waals surface area contributed by atoms with Crippen LogP contribution in [0.3, 0.4) is 0 Å². The number of benzene rings is 2. The van der Waals surface area contributed by atoms with Crippen molar-refractivity contribution in [1.29, 1.82) is 0 Å². The Labute approximate surface area is 144 Å². The summed E-state index contributed by atoms with van der Waals surface area (Å²) < 4.78 is 11.0. The number of aromatic nitrogens is 4. The standard InChI is InChI=1S/C19H16N4O2/c1-12-8-9-15(10-13(12)2)19-22-21-17(24-19)11-16-20-18(23-25-16)14-6-4-3-5-7-14/h3-10H,11H2,1-2H3. The van der Waals surface area contributed by atoms with Gasteiger partial charge >= 0.3 is 0 Å². The van der Waals surface area contributed by atoms with E-state index in [4.69, 9.17) is 8.94 Å². The second-order valence-corrected chi connectivity index (χ2v) is 5.85. The molecule has 0 aliphatic heterocycles. The van der Waals surface area contributed by atoms with E-state index in [9.17, 15) is 0 Å². The summed E-state index contributed by atoms with van der Waals surface area (Å²) >= 11 is 0. The number of hydrogen-bond acceptors (Lipinski definition) is 6. The van der Waals surface area contributed by atoms with E-state index in [-0.39, 0.29) is 0 Å². The van der Waals surface area contributed by atoms with Gasteiger partial charge in [0.25, 0.3) is 0 Å². The largest absolute Gasteiger partial charge is 0.420 e. The van der Waals surface area contributed by atoms with Gasteiger partial charge in [0.15, 0.2) is 0 Å². The van der Waals surface area contributed by atoms with E-state index in [2.05, 4.69) is 34.2 Å². The summed E-state index contributed by atoms with van der Waals surface area (Å²) in [5.41, 5.74) is 4.21. The predicted molar refractivity (Wildman–Crippen MR) is 91.7 cm³/mol. The minimum atomic E-state index is 0.303. The molecule has 124 valence electrons. The summed E-state index contributed by atoms with van der Waals surface area (Å²) in [6.07, 6.45) is 0.303. The molecule has 4 aromatic rings. The number of rotatable bonds is 4. The molecule has 2 heterocycles. The Bertz CT molecular complexity index is 1010. The van der Waals surface area contributed by atoms with Gasteiger partial charge in [0.1, 0.15) is 6.42 Å². The average molecular weight is 332 g/mol. The zero-order valence-electron chi connectivity index (χ0n) is 13.9. The number of aryl methyl sites for hydroxylation is 2. The first kappa shape index (κ1) is 15.3. The molecule has 0 atom stereocenters. The van der Waals surface area contributed by atoms with Gasteiger partial charge in [-0.3, -0.25) is 0 Å². The average Bonchev–Trinajstić information content (AvgIpc) is 3.28. The molecular formula is C19H16N4O2. The fourth-order valence-electron chi connectivity index (χ4n) is 2.48. The molecule has 25 heavy (non-hydrogen) atoms. The summed E-state index contributed by atoms with van der Waals surface area (Å²) in [4.78, 5) is 4.38. The van der Waals surface area contributed by atoms with Crippen molar-refractivity contribution in [1.82, 2.24) is 20.3 Å². The van der Waals surface area contributed by atoms with Crippen LogP contribution in [0.4, 0.5) is 0 Å². The highest BCUT2D eigenvalue weighted by atomic mass is 16.5. The first-order valence-corrected chi connectivity index (χ1v) is 7.97. The maximum Gasteiger partial charge on any atom is 0.247 e. The molecule has 4 rings (SSSR count). The molecular weight excluding hydrogens is 316 g/mol. The van der Waals surface area contributed by atoms with Crippen LogP contribution >= 0.6 is 0 Å². The van der Waals surface area contributed by atoms with Crippen LogP contribution in [-0.4, -0.2) is 20.3 Å². The highest BCUT2D eigenvalue weighted by Crippen LogP contribution is 2.22.